The molecule has 1 aromatic rings. The van der Waals surface area contributed by atoms with Gasteiger partial charge in [0.05, 0.1) is 16.2 Å². The van der Waals surface area contributed by atoms with E-state index in [4.69, 9.17) is 5.10 Å². The van der Waals surface area contributed by atoms with Crippen molar-refractivity contribution in [2.75, 3.05) is 11.9 Å². The zero-order chi connectivity index (χ0) is 14.8. The minimum Gasteiger partial charge on any atom is -0.369 e. The van der Waals surface area contributed by atoms with E-state index in [9.17, 15) is 0 Å². The van der Waals surface area contributed by atoms with E-state index in [1.165, 1.54) is 67.4 Å². The van der Waals surface area contributed by atoms with Gasteiger partial charge in [0.15, 0.2) is 0 Å². The maximum absolute atomic E-state index is 5.07. The number of nitrogens with zero attached hydrogens (tertiary/aromatic N) is 2. The van der Waals surface area contributed by atoms with Gasteiger partial charge < -0.3 is 5.32 Å². The van der Waals surface area contributed by atoms with Gasteiger partial charge in [-0.15, -0.1) is 0 Å². The lowest BCUT2D eigenvalue weighted by atomic mass is 9.83. The Morgan fingerprint density at radius 3 is 2.90 bits per heavy atom. The quantitative estimate of drug-likeness (QED) is 0.758. The van der Waals surface area contributed by atoms with Crippen LogP contribution in [0.25, 0.3) is 0 Å². The average molecular weight is 354 g/mol. The predicted molar refractivity (Wildman–Crippen MR) is 92.0 cm³/mol. The number of halogens is 1. The molecule has 0 bridgehead atoms. The lowest BCUT2D eigenvalue weighted by Crippen LogP contribution is -2.35. The minimum absolute atomic E-state index is 0.598. The first-order chi connectivity index (χ1) is 10.3. The molecule has 0 amide bonds. The fourth-order valence-corrected chi connectivity index (χ4v) is 4.78. The summed E-state index contributed by atoms with van der Waals surface area (Å²) in [4.78, 5) is 0. The number of aromatic nitrogens is 2. The second-order valence-electron chi connectivity index (χ2n) is 6.73. The molecule has 3 unspecified atom stereocenters. The smallest absolute Gasteiger partial charge is 0.139 e. The highest BCUT2D eigenvalue weighted by atomic mass is 79.9. The summed E-state index contributed by atoms with van der Waals surface area (Å²) in [5, 5.41) is 8.71. The van der Waals surface area contributed by atoms with Gasteiger partial charge in [-0.1, -0.05) is 39.5 Å². The molecular weight excluding hydrogens is 326 g/mol. The Hall–Kier alpha value is -0.510. The number of unbranched alkanes of at least 4 members (excludes halogenated alkanes) is 1. The highest BCUT2D eigenvalue weighted by Crippen LogP contribution is 2.44. The molecule has 3 atom stereocenters. The van der Waals surface area contributed by atoms with E-state index < -0.39 is 0 Å². The number of hydrogen-bond donors (Lipinski definition) is 1. The Balaban J connectivity index is 1.89. The molecule has 0 saturated heterocycles. The first-order valence-corrected chi connectivity index (χ1v) is 9.57. The molecule has 3 rings (SSSR count). The molecule has 0 radical (unpaired) electrons. The third kappa shape index (κ3) is 2.88. The van der Waals surface area contributed by atoms with Crippen molar-refractivity contribution >= 4 is 21.7 Å². The highest BCUT2D eigenvalue weighted by Gasteiger charge is 2.35. The molecule has 0 spiro atoms. The third-order valence-corrected chi connectivity index (χ3v) is 6.16. The normalized spacial score (nSPS) is 25.9. The molecule has 1 N–H and O–H groups in total. The molecule has 3 nitrogen and oxygen atoms in total. The monoisotopic (exact) mass is 353 g/mol. The van der Waals surface area contributed by atoms with Crippen molar-refractivity contribution in [2.45, 2.75) is 77.2 Å². The van der Waals surface area contributed by atoms with Crippen LogP contribution in [0, 0.1) is 5.92 Å². The summed E-state index contributed by atoms with van der Waals surface area (Å²) in [6.45, 7) is 5.69. The van der Waals surface area contributed by atoms with Gasteiger partial charge in [0.25, 0.3) is 0 Å². The molecule has 1 aliphatic heterocycles. The largest absolute Gasteiger partial charge is 0.369 e. The van der Waals surface area contributed by atoms with Crippen LogP contribution in [0.5, 0.6) is 0 Å². The van der Waals surface area contributed by atoms with Gasteiger partial charge >= 0.3 is 0 Å². The van der Waals surface area contributed by atoms with Gasteiger partial charge in [-0.25, -0.2) is 4.68 Å². The van der Waals surface area contributed by atoms with Crippen LogP contribution in [-0.4, -0.2) is 16.3 Å². The van der Waals surface area contributed by atoms with E-state index >= 15 is 0 Å². The van der Waals surface area contributed by atoms with Crippen LogP contribution in [0.4, 0.5) is 5.82 Å². The molecule has 2 heterocycles. The van der Waals surface area contributed by atoms with E-state index in [0.29, 0.717) is 12.0 Å². The summed E-state index contributed by atoms with van der Waals surface area (Å²) in [5.41, 5.74) is 1.29. The van der Waals surface area contributed by atoms with Crippen LogP contribution < -0.4 is 5.32 Å². The first-order valence-electron chi connectivity index (χ1n) is 8.78. The molecule has 1 aliphatic carbocycles. The van der Waals surface area contributed by atoms with E-state index in [2.05, 4.69) is 39.8 Å². The van der Waals surface area contributed by atoms with Crippen molar-refractivity contribution in [3.63, 3.8) is 0 Å². The maximum Gasteiger partial charge on any atom is 0.139 e. The van der Waals surface area contributed by atoms with Gasteiger partial charge in [0.1, 0.15) is 5.82 Å². The fourth-order valence-electron chi connectivity index (χ4n) is 4.05. The van der Waals surface area contributed by atoms with Crippen LogP contribution in [0.2, 0.25) is 0 Å². The number of hydrogen-bond acceptors (Lipinski definition) is 2. The number of anilines is 1. The van der Waals surface area contributed by atoms with Crippen molar-refractivity contribution in [1.82, 2.24) is 9.78 Å². The van der Waals surface area contributed by atoms with Gasteiger partial charge in [-0.05, 0) is 47.5 Å². The molecule has 4 heteroatoms. The van der Waals surface area contributed by atoms with Crippen molar-refractivity contribution < 1.29 is 0 Å². The molecule has 1 saturated carbocycles. The van der Waals surface area contributed by atoms with Crippen molar-refractivity contribution in [1.29, 1.82) is 0 Å². The summed E-state index contributed by atoms with van der Waals surface area (Å²) < 4.78 is 3.55. The molecular formula is C17H28BrN3. The average Bonchev–Trinajstić information content (AvgIpc) is 2.86. The van der Waals surface area contributed by atoms with E-state index in [1.807, 2.05) is 0 Å². The minimum atomic E-state index is 0.598. The molecule has 0 aromatic carbocycles. The Kier molecular flexibility index (Phi) is 4.92. The zero-order valence-corrected chi connectivity index (χ0v) is 15.0. The molecule has 1 aromatic heterocycles. The maximum atomic E-state index is 5.07. The van der Waals surface area contributed by atoms with Crippen LogP contribution >= 0.6 is 15.9 Å². The summed E-state index contributed by atoms with van der Waals surface area (Å²) in [5.74, 6) is 2.62. The van der Waals surface area contributed by atoms with Crippen molar-refractivity contribution in [3.8, 4) is 0 Å². The predicted octanol–water partition coefficient (Wildman–Crippen LogP) is 5.49. The molecule has 2 aliphatic rings. The van der Waals surface area contributed by atoms with Gasteiger partial charge in [0.2, 0.25) is 0 Å². The second kappa shape index (κ2) is 6.72. The lowest BCUT2D eigenvalue weighted by molar-refractivity contribution is 0.221. The SMILES string of the molecule is CCCCC(CC)c1nn2c(c1Br)NCC1CCCCC12. The van der Waals surface area contributed by atoms with E-state index in [-0.39, 0.29) is 0 Å². The van der Waals surface area contributed by atoms with Crippen LogP contribution in [0.3, 0.4) is 0 Å². The van der Waals surface area contributed by atoms with Crippen LogP contribution in [0.1, 0.15) is 82.9 Å². The summed E-state index contributed by atoms with van der Waals surface area (Å²) in [6, 6.07) is 0.628. The summed E-state index contributed by atoms with van der Waals surface area (Å²) in [7, 11) is 0. The standard InChI is InChI=1S/C17H28BrN3/c1-3-5-8-12(4-2)16-15(18)17-19-11-13-9-6-7-10-14(13)21(17)20-16/h12-14,19H,3-11H2,1-2H3. The number of fused-ring (bicyclic) bond motifs is 3. The molecule has 118 valence electrons. The Morgan fingerprint density at radius 2 is 2.14 bits per heavy atom. The number of rotatable bonds is 5. The Morgan fingerprint density at radius 1 is 1.33 bits per heavy atom. The summed E-state index contributed by atoms with van der Waals surface area (Å²) in [6.07, 6.45) is 10.4. The molecule has 21 heavy (non-hydrogen) atoms. The third-order valence-electron chi connectivity index (χ3n) is 5.38. The van der Waals surface area contributed by atoms with Gasteiger partial charge in [-0.3, -0.25) is 0 Å². The fraction of sp³-hybridized carbons (Fsp3) is 0.824. The highest BCUT2D eigenvalue weighted by molar-refractivity contribution is 9.10. The summed E-state index contributed by atoms with van der Waals surface area (Å²) >= 11 is 3.84. The molecule has 1 fully saturated rings. The van der Waals surface area contributed by atoms with E-state index in [0.717, 1.165) is 12.5 Å². The Bertz CT molecular complexity index is 483. The zero-order valence-electron chi connectivity index (χ0n) is 13.4. The second-order valence-corrected chi connectivity index (χ2v) is 7.53. The van der Waals surface area contributed by atoms with Crippen LogP contribution in [-0.2, 0) is 0 Å². The lowest BCUT2D eigenvalue weighted by Gasteiger charge is -2.37. The first kappa shape index (κ1) is 15.4. The topological polar surface area (TPSA) is 29.9 Å². The van der Waals surface area contributed by atoms with Gasteiger partial charge in [-0.2, -0.15) is 5.10 Å². The van der Waals surface area contributed by atoms with Gasteiger partial charge in [0, 0.05) is 12.5 Å². The Labute approximate surface area is 137 Å². The van der Waals surface area contributed by atoms with Crippen LogP contribution in [0.15, 0.2) is 4.47 Å². The van der Waals surface area contributed by atoms with Crippen molar-refractivity contribution in [2.24, 2.45) is 5.92 Å². The number of nitrogens with one attached hydrogen (secondary N) is 1. The van der Waals surface area contributed by atoms with Crippen molar-refractivity contribution in [3.05, 3.63) is 10.2 Å². The van der Waals surface area contributed by atoms with E-state index in [1.54, 1.807) is 0 Å².